The van der Waals surface area contributed by atoms with Crippen molar-refractivity contribution in [1.29, 1.82) is 0 Å². The van der Waals surface area contributed by atoms with Crippen molar-refractivity contribution < 1.29 is 34.4 Å². The molecule has 8 nitrogen and oxygen atoms in total. The Labute approximate surface area is 238 Å². The van der Waals surface area contributed by atoms with E-state index in [1.165, 1.54) is 19.2 Å². The fourth-order valence-corrected chi connectivity index (χ4v) is 3.22. The molecule has 0 aliphatic rings. The topological polar surface area (TPSA) is 97.6 Å². The number of nitrogens with zero attached hydrogens (tertiary/aromatic N) is 5. The van der Waals surface area contributed by atoms with Crippen LogP contribution in [0.25, 0.3) is 16.9 Å². The van der Waals surface area contributed by atoms with Crippen molar-refractivity contribution in [2.75, 3.05) is 10.6 Å². The van der Waals surface area contributed by atoms with E-state index in [2.05, 4.69) is 30.6 Å². The fourth-order valence-electron chi connectivity index (χ4n) is 3.22. The number of carbonyl (C=O) groups excluding carboxylic acids is 1. The molecule has 0 saturated carbocycles. The number of halogens is 3. The SMILES string of the molecule is [2H]c1nc([2H])c(-c2ccnc(Nc3cc(C(=O)Nc4c([2H])c(-n5c([2H])nc(C)c5[2H])c([2H])c(C(F)(F)F)c4[2H])ccc3C([2H])([2H])[2H])n2)c([2H])c1[2H]. The van der Waals surface area contributed by atoms with E-state index < -0.39 is 90.9 Å². The van der Waals surface area contributed by atoms with Crippen molar-refractivity contribution in [2.24, 2.45) is 0 Å². The van der Waals surface area contributed by atoms with Crippen LogP contribution in [0, 0.1) is 13.8 Å². The molecule has 0 unspecified atom stereocenters. The monoisotopic (exact) mass is 541 g/mol. The highest BCUT2D eigenvalue weighted by molar-refractivity contribution is 6.05. The average Bonchev–Trinajstić information content (AvgIpc) is 3.27. The van der Waals surface area contributed by atoms with Crippen LogP contribution in [0.2, 0.25) is 0 Å². The van der Waals surface area contributed by atoms with Crippen molar-refractivity contribution >= 4 is 23.2 Å². The number of nitrogens with one attached hydrogen (secondary N) is 2. The summed E-state index contributed by atoms with van der Waals surface area (Å²) in [6.45, 7) is -1.52. The summed E-state index contributed by atoms with van der Waals surface area (Å²) in [6.07, 6.45) is -6.67. The number of carbonyl (C=O) groups is 1. The van der Waals surface area contributed by atoms with Crippen LogP contribution in [0.5, 0.6) is 0 Å². The molecule has 0 atom stereocenters. The molecule has 0 bridgehead atoms. The highest BCUT2D eigenvalue weighted by Crippen LogP contribution is 2.33. The standard InChI is InChI=1S/C28H22F3N7O/c1-17-5-6-19(10-25(17)37-27-33-9-7-24(36-27)20-4-3-8-32-14-20)26(39)35-22-11-21(28(29,30)31)12-23(13-22)38-15-18(2)34-16-38/h3-16H,1-2H3,(H,35,39)(H,33,36,37)/i1D3,3D,4D,8D,11D,12D,13D,14D,15D,16D. The van der Waals surface area contributed by atoms with Crippen LogP contribution in [0.15, 0.2) is 85.5 Å². The molecule has 0 fully saturated rings. The summed E-state index contributed by atoms with van der Waals surface area (Å²) >= 11 is 0. The molecule has 0 saturated heterocycles. The van der Waals surface area contributed by atoms with Crippen molar-refractivity contribution in [3.63, 3.8) is 0 Å². The first kappa shape index (κ1) is 14.8. The molecule has 1 amide bonds. The lowest BCUT2D eigenvalue weighted by Gasteiger charge is -2.14. The van der Waals surface area contributed by atoms with Crippen LogP contribution < -0.4 is 10.6 Å². The Morgan fingerprint density at radius 2 is 2.03 bits per heavy atom. The second-order valence-electron chi connectivity index (χ2n) is 7.78. The van der Waals surface area contributed by atoms with Crippen molar-refractivity contribution in [3.8, 4) is 16.9 Å². The third-order valence-corrected chi connectivity index (χ3v) is 4.98. The third-order valence-electron chi connectivity index (χ3n) is 4.98. The first-order valence-corrected chi connectivity index (χ1v) is 10.9. The summed E-state index contributed by atoms with van der Waals surface area (Å²) in [4.78, 5) is 29.0. The Morgan fingerprint density at radius 1 is 1.15 bits per heavy atom. The Morgan fingerprint density at radius 3 is 2.79 bits per heavy atom. The lowest BCUT2D eigenvalue weighted by molar-refractivity contribution is -0.137. The zero-order chi connectivity index (χ0) is 37.9. The van der Waals surface area contributed by atoms with Crippen LogP contribution in [0.3, 0.4) is 0 Å². The van der Waals surface area contributed by atoms with Gasteiger partial charge >= 0.3 is 6.18 Å². The van der Waals surface area contributed by atoms with Crippen molar-refractivity contribution in [3.05, 3.63) is 108 Å². The third kappa shape index (κ3) is 5.93. The van der Waals surface area contributed by atoms with E-state index >= 15 is 0 Å². The quantitative estimate of drug-likeness (QED) is 0.260. The van der Waals surface area contributed by atoms with E-state index in [4.69, 9.17) is 16.4 Å². The maximum absolute atomic E-state index is 14.2. The number of rotatable bonds is 6. The van der Waals surface area contributed by atoms with Crippen molar-refractivity contribution in [2.45, 2.75) is 20.0 Å². The number of aryl methyl sites for hydroxylation is 2. The lowest BCUT2D eigenvalue weighted by Crippen LogP contribution is -2.14. The van der Waals surface area contributed by atoms with Crippen LogP contribution in [-0.2, 0) is 6.18 Å². The smallest absolute Gasteiger partial charge is 0.324 e. The van der Waals surface area contributed by atoms with E-state index in [9.17, 15) is 18.0 Å². The van der Waals surface area contributed by atoms with Gasteiger partial charge in [0.1, 0.15) is 1.37 Å². The number of pyridine rings is 1. The molecule has 0 radical (unpaired) electrons. The van der Waals surface area contributed by atoms with Gasteiger partial charge in [-0.3, -0.25) is 9.78 Å². The zero-order valence-corrected chi connectivity index (χ0v) is 19.7. The summed E-state index contributed by atoms with van der Waals surface area (Å²) in [5.41, 5.74) is -5.27. The van der Waals surface area contributed by atoms with Crippen molar-refractivity contribution in [1.82, 2.24) is 24.5 Å². The number of hydrogen-bond donors (Lipinski definition) is 2. The molecule has 5 rings (SSSR count). The maximum atomic E-state index is 14.2. The highest BCUT2D eigenvalue weighted by atomic mass is 19.4. The Balaban J connectivity index is 1.60. The van der Waals surface area contributed by atoms with Gasteiger partial charge in [-0.25, -0.2) is 15.0 Å². The molecule has 196 valence electrons. The lowest BCUT2D eigenvalue weighted by atomic mass is 10.1. The van der Waals surface area contributed by atoms with Gasteiger partial charge in [-0.1, -0.05) is 6.07 Å². The molecule has 0 spiro atoms. The zero-order valence-electron chi connectivity index (χ0n) is 31.7. The first-order valence-electron chi connectivity index (χ1n) is 16.9. The summed E-state index contributed by atoms with van der Waals surface area (Å²) in [5.74, 6) is -1.53. The van der Waals surface area contributed by atoms with Gasteiger partial charge in [0.15, 0.2) is 0 Å². The number of imidazole rings is 1. The molecule has 2 aromatic carbocycles. The van der Waals surface area contributed by atoms with E-state index in [1.807, 2.05) is 0 Å². The molecule has 3 aromatic heterocycles. The highest BCUT2D eigenvalue weighted by Gasteiger charge is 2.31. The van der Waals surface area contributed by atoms with Crippen LogP contribution in [-0.4, -0.2) is 30.4 Å². The second kappa shape index (κ2) is 10.4. The number of alkyl halides is 3. The minimum absolute atomic E-state index is 0.0901. The van der Waals surface area contributed by atoms with E-state index in [0.29, 0.717) is 4.57 Å². The number of hydrogen-bond acceptors (Lipinski definition) is 6. The van der Waals surface area contributed by atoms with Gasteiger partial charge in [0.05, 0.1) is 34.2 Å². The molecule has 0 aliphatic carbocycles. The minimum Gasteiger partial charge on any atom is -0.324 e. The molecule has 11 heteroatoms. The number of amides is 1. The maximum Gasteiger partial charge on any atom is 0.416 e. The summed E-state index contributed by atoms with van der Waals surface area (Å²) in [6, 6.07) is -0.653. The Kier molecular flexibility index (Phi) is 3.92. The molecule has 0 aliphatic heterocycles. The van der Waals surface area contributed by atoms with Gasteiger partial charge in [-0.05, 0) is 67.8 Å². The molecular formula is C28H22F3N7O. The normalized spacial score (nSPS) is 16.0. The number of anilines is 3. The largest absolute Gasteiger partial charge is 0.416 e. The van der Waals surface area contributed by atoms with E-state index in [-0.39, 0.29) is 39.7 Å². The molecule has 3 heterocycles. The summed E-state index contributed by atoms with van der Waals surface area (Å²) in [5, 5.41) is 4.69. The van der Waals surface area contributed by atoms with Gasteiger partial charge < -0.3 is 15.2 Å². The predicted octanol–water partition coefficient (Wildman–Crippen LogP) is 6.36. The molecule has 5 aromatic rings. The number of benzene rings is 2. The second-order valence-corrected chi connectivity index (χ2v) is 7.78. The van der Waals surface area contributed by atoms with E-state index in [1.54, 1.807) is 0 Å². The van der Waals surface area contributed by atoms with Crippen LogP contribution in [0.4, 0.5) is 30.5 Å². The predicted molar refractivity (Wildman–Crippen MR) is 141 cm³/mol. The first-order chi connectivity index (χ1) is 23.6. The van der Waals surface area contributed by atoms with Gasteiger partial charge in [0.25, 0.3) is 5.91 Å². The van der Waals surface area contributed by atoms with Crippen LogP contribution >= 0.6 is 0 Å². The fraction of sp³-hybridized carbons (Fsp3) is 0.107. The Bertz CT molecular complexity index is 2240. The summed E-state index contributed by atoms with van der Waals surface area (Å²) < 4.78 is 140. The molecule has 39 heavy (non-hydrogen) atoms. The van der Waals surface area contributed by atoms with Gasteiger partial charge in [-0.15, -0.1) is 0 Å². The molecule has 2 N–H and O–H groups in total. The van der Waals surface area contributed by atoms with Crippen LogP contribution in [0.1, 0.15) is 43.6 Å². The van der Waals surface area contributed by atoms with Gasteiger partial charge in [-0.2, -0.15) is 13.2 Å². The molecular weight excluding hydrogens is 507 g/mol. The number of aromatic nitrogens is 5. The Hall–Kier alpha value is -5.06. The minimum atomic E-state index is -5.34. The van der Waals surface area contributed by atoms with Gasteiger partial charge in [0.2, 0.25) is 5.95 Å². The van der Waals surface area contributed by atoms with Gasteiger partial charge in [0, 0.05) is 57.0 Å². The summed E-state index contributed by atoms with van der Waals surface area (Å²) in [7, 11) is 0. The van der Waals surface area contributed by atoms with E-state index in [0.717, 1.165) is 18.2 Å². The average molecular weight is 542 g/mol.